The Labute approximate surface area is 246 Å². The molecule has 8 nitrogen and oxygen atoms in total. The summed E-state index contributed by atoms with van der Waals surface area (Å²) in [4.78, 5) is 42.9. The lowest BCUT2D eigenvalue weighted by Gasteiger charge is -2.23. The van der Waals surface area contributed by atoms with E-state index in [1.165, 1.54) is 13.0 Å². The quantitative estimate of drug-likeness (QED) is 0.250. The van der Waals surface area contributed by atoms with Crippen LogP contribution in [0.15, 0.2) is 66.7 Å². The van der Waals surface area contributed by atoms with Crippen LogP contribution in [0, 0.1) is 27.7 Å². The van der Waals surface area contributed by atoms with Crippen LogP contribution in [-0.2, 0) is 21.0 Å². The van der Waals surface area contributed by atoms with Crippen LogP contribution in [0.25, 0.3) is 17.0 Å². The van der Waals surface area contributed by atoms with E-state index in [1.807, 2.05) is 76.2 Å². The van der Waals surface area contributed by atoms with Crippen molar-refractivity contribution in [2.45, 2.75) is 41.2 Å². The predicted octanol–water partition coefficient (Wildman–Crippen LogP) is 5.80. The Morgan fingerprint density at radius 3 is 2.48 bits per heavy atom. The highest BCUT2D eigenvalue weighted by atomic mass is 16.5. The number of carbonyl (C=O) groups is 3. The maximum absolute atomic E-state index is 13.0. The summed E-state index contributed by atoms with van der Waals surface area (Å²) in [7, 11) is 1.70. The number of nitrogens with one attached hydrogen (secondary N) is 2. The van der Waals surface area contributed by atoms with Gasteiger partial charge in [0.2, 0.25) is 17.7 Å². The maximum Gasteiger partial charge on any atom is 0.246 e. The van der Waals surface area contributed by atoms with Crippen molar-refractivity contribution in [1.29, 1.82) is 0 Å². The number of aromatic nitrogens is 1. The predicted molar refractivity (Wildman–Crippen MR) is 168 cm³/mol. The van der Waals surface area contributed by atoms with Crippen LogP contribution in [0.4, 0.5) is 11.4 Å². The lowest BCUT2D eigenvalue weighted by Crippen LogP contribution is -2.38. The van der Waals surface area contributed by atoms with Crippen molar-refractivity contribution >= 4 is 46.1 Å². The third-order valence-electron chi connectivity index (χ3n) is 7.14. The summed E-state index contributed by atoms with van der Waals surface area (Å²) in [6.07, 6.45) is 3.05. The van der Waals surface area contributed by atoms with Gasteiger partial charge in [-0.25, -0.2) is 4.98 Å². The van der Waals surface area contributed by atoms with E-state index >= 15 is 0 Å². The SMILES string of the molecule is CC(=O)Nc1ccc(/C=C/C(=O)NCC(=O)N(C)c2ccc(C)c(COc3cccc4ccc(C)nc34)c2C)cc1C. The fraction of sp³-hybridized carbons (Fsp3) is 0.235. The number of hydrogen-bond donors (Lipinski definition) is 2. The highest BCUT2D eigenvalue weighted by Crippen LogP contribution is 2.29. The van der Waals surface area contributed by atoms with Gasteiger partial charge in [-0.05, 0) is 91.9 Å². The van der Waals surface area contributed by atoms with Gasteiger partial charge in [0.25, 0.3) is 0 Å². The number of rotatable bonds is 9. The number of aryl methyl sites for hydroxylation is 3. The molecule has 0 saturated heterocycles. The van der Waals surface area contributed by atoms with E-state index in [0.717, 1.165) is 55.8 Å². The normalized spacial score (nSPS) is 11.0. The molecule has 8 heteroatoms. The fourth-order valence-corrected chi connectivity index (χ4v) is 4.72. The van der Waals surface area contributed by atoms with Crippen molar-refractivity contribution in [3.63, 3.8) is 0 Å². The molecule has 0 saturated carbocycles. The van der Waals surface area contributed by atoms with Crippen LogP contribution >= 0.6 is 0 Å². The number of anilines is 2. The second-order valence-corrected chi connectivity index (χ2v) is 10.3. The van der Waals surface area contributed by atoms with E-state index in [2.05, 4.69) is 15.6 Å². The smallest absolute Gasteiger partial charge is 0.246 e. The number of amides is 3. The van der Waals surface area contributed by atoms with E-state index in [9.17, 15) is 14.4 Å². The molecule has 4 rings (SSSR count). The van der Waals surface area contributed by atoms with Crippen LogP contribution in [0.5, 0.6) is 5.75 Å². The molecule has 0 unspecified atom stereocenters. The van der Waals surface area contributed by atoms with Crippen LogP contribution in [0.1, 0.15) is 40.4 Å². The summed E-state index contributed by atoms with van der Waals surface area (Å²) in [6.45, 7) is 9.45. The standard InChI is InChI=1S/C34H36N4O4/c1-21-10-16-30(24(4)28(21)20-42-31-9-7-8-27-14-11-23(3)36-34(27)31)38(6)33(41)19-35-32(40)17-13-26-12-15-29(22(2)18-26)37-25(5)39/h7-18H,19-20H2,1-6H3,(H,35,40)(H,37,39)/b17-13+. The molecule has 0 aliphatic carbocycles. The van der Waals surface area contributed by atoms with Gasteiger partial charge in [0.05, 0.1) is 6.54 Å². The van der Waals surface area contributed by atoms with Gasteiger partial charge in [-0.1, -0.05) is 30.3 Å². The fourth-order valence-electron chi connectivity index (χ4n) is 4.72. The average molecular weight is 565 g/mol. The first-order chi connectivity index (χ1) is 20.0. The molecule has 216 valence electrons. The first-order valence-electron chi connectivity index (χ1n) is 13.7. The largest absolute Gasteiger partial charge is 0.487 e. The molecule has 0 aliphatic heterocycles. The van der Waals surface area contributed by atoms with Crippen molar-refractivity contribution in [2.24, 2.45) is 0 Å². The molecule has 0 aliphatic rings. The molecule has 1 aromatic heterocycles. The second kappa shape index (κ2) is 13.1. The zero-order chi connectivity index (χ0) is 30.4. The van der Waals surface area contributed by atoms with Crippen LogP contribution < -0.4 is 20.3 Å². The second-order valence-electron chi connectivity index (χ2n) is 10.3. The Balaban J connectivity index is 1.39. The molecular formula is C34H36N4O4. The zero-order valence-corrected chi connectivity index (χ0v) is 24.9. The monoisotopic (exact) mass is 564 g/mol. The average Bonchev–Trinajstić information content (AvgIpc) is 2.95. The van der Waals surface area contributed by atoms with E-state index < -0.39 is 0 Å². The Morgan fingerprint density at radius 2 is 1.74 bits per heavy atom. The number of hydrogen-bond acceptors (Lipinski definition) is 5. The van der Waals surface area contributed by atoms with Crippen LogP contribution in [0.3, 0.4) is 0 Å². The number of ether oxygens (including phenoxy) is 1. The van der Waals surface area contributed by atoms with Crippen molar-refractivity contribution < 1.29 is 19.1 Å². The third-order valence-corrected chi connectivity index (χ3v) is 7.14. The lowest BCUT2D eigenvalue weighted by molar-refractivity contribution is -0.122. The molecule has 0 spiro atoms. The Morgan fingerprint density at radius 1 is 0.952 bits per heavy atom. The maximum atomic E-state index is 13.0. The van der Waals surface area contributed by atoms with Gasteiger partial charge >= 0.3 is 0 Å². The van der Waals surface area contributed by atoms with Crippen LogP contribution in [-0.4, -0.2) is 36.3 Å². The van der Waals surface area contributed by atoms with Gasteiger partial charge in [0.1, 0.15) is 17.9 Å². The van der Waals surface area contributed by atoms with Crippen molar-refractivity contribution in [1.82, 2.24) is 10.3 Å². The summed E-state index contributed by atoms with van der Waals surface area (Å²) >= 11 is 0. The lowest BCUT2D eigenvalue weighted by atomic mass is 10.0. The zero-order valence-electron chi connectivity index (χ0n) is 24.9. The number of nitrogens with zero attached hydrogens (tertiary/aromatic N) is 2. The minimum Gasteiger partial charge on any atom is -0.487 e. The molecule has 0 bridgehead atoms. The third kappa shape index (κ3) is 7.20. The summed E-state index contributed by atoms with van der Waals surface area (Å²) < 4.78 is 6.24. The van der Waals surface area contributed by atoms with Crippen LogP contribution in [0.2, 0.25) is 0 Å². The highest BCUT2D eigenvalue weighted by molar-refractivity contribution is 5.99. The molecule has 3 aromatic carbocycles. The molecule has 0 radical (unpaired) electrons. The van der Waals surface area contributed by atoms with Crippen molar-refractivity contribution in [2.75, 3.05) is 23.8 Å². The molecule has 1 heterocycles. The van der Waals surface area contributed by atoms with E-state index in [-0.39, 0.29) is 24.3 Å². The summed E-state index contributed by atoms with van der Waals surface area (Å²) in [6, 6.07) is 19.2. The molecule has 4 aromatic rings. The van der Waals surface area contributed by atoms with E-state index in [0.29, 0.717) is 12.4 Å². The summed E-state index contributed by atoms with van der Waals surface area (Å²) in [5.41, 5.74) is 7.87. The molecule has 3 amide bonds. The number of likely N-dealkylation sites (N-methyl/N-ethyl adjacent to an activating group) is 1. The Bertz CT molecular complexity index is 1690. The molecular weight excluding hydrogens is 528 g/mol. The Hall–Kier alpha value is -4.98. The van der Waals surface area contributed by atoms with Gasteiger partial charge in [-0.3, -0.25) is 14.4 Å². The molecule has 2 N–H and O–H groups in total. The molecule has 0 atom stereocenters. The van der Waals surface area contributed by atoms with E-state index in [1.54, 1.807) is 30.2 Å². The first-order valence-corrected chi connectivity index (χ1v) is 13.7. The van der Waals surface area contributed by atoms with Gasteiger partial charge in [-0.15, -0.1) is 0 Å². The minimum absolute atomic E-state index is 0.144. The number of pyridine rings is 1. The van der Waals surface area contributed by atoms with E-state index in [4.69, 9.17) is 4.74 Å². The first kappa shape index (κ1) is 30.0. The summed E-state index contributed by atoms with van der Waals surface area (Å²) in [5, 5.41) is 6.44. The number of carbonyl (C=O) groups excluding carboxylic acids is 3. The van der Waals surface area contributed by atoms with Crippen molar-refractivity contribution in [3.05, 3.63) is 100 Å². The van der Waals surface area contributed by atoms with Gasteiger partial charge in [0, 0.05) is 42.5 Å². The van der Waals surface area contributed by atoms with Gasteiger partial charge < -0.3 is 20.3 Å². The number of benzene rings is 3. The number of para-hydroxylation sites is 1. The van der Waals surface area contributed by atoms with Gasteiger partial charge in [0.15, 0.2) is 0 Å². The van der Waals surface area contributed by atoms with Gasteiger partial charge in [-0.2, -0.15) is 0 Å². The number of fused-ring (bicyclic) bond motifs is 1. The highest BCUT2D eigenvalue weighted by Gasteiger charge is 2.17. The minimum atomic E-state index is -0.381. The van der Waals surface area contributed by atoms with Crippen molar-refractivity contribution in [3.8, 4) is 5.75 Å². The topological polar surface area (TPSA) is 101 Å². The molecule has 0 fully saturated rings. The Kier molecular flexibility index (Phi) is 9.37. The molecule has 42 heavy (non-hydrogen) atoms. The summed E-state index contributed by atoms with van der Waals surface area (Å²) in [5.74, 6) is -0.0671.